The number of carbonyl (C=O) groups is 1. The lowest BCUT2D eigenvalue weighted by Crippen LogP contribution is -2.11. The van der Waals surface area contributed by atoms with Crippen molar-refractivity contribution in [1.29, 1.82) is 0 Å². The molecular weight excluding hydrogens is 428 g/mol. The Morgan fingerprint density at radius 1 is 1.00 bits per heavy atom. The van der Waals surface area contributed by atoms with E-state index in [1.54, 1.807) is 42.5 Å². The number of anilines is 1. The van der Waals surface area contributed by atoms with Crippen molar-refractivity contribution in [2.24, 2.45) is 0 Å². The Morgan fingerprint density at radius 3 is 2.53 bits per heavy atom. The number of rotatable bonds is 5. The first-order chi connectivity index (χ1) is 15.4. The predicted octanol–water partition coefficient (Wildman–Crippen LogP) is 4.07. The van der Waals surface area contributed by atoms with Crippen molar-refractivity contribution in [3.8, 4) is 11.5 Å². The Morgan fingerprint density at radius 2 is 1.75 bits per heavy atom. The summed E-state index contributed by atoms with van der Waals surface area (Å²) in [5.41, 5.74) is 3.01. The highest BCUT2D eigenvalue weighted by atomic mass is 32.2. The first kappa shape index (κ1) is 20.1. The Balaban J connectivity index is 1.44. The van der Waals surface area contributed by atoms with Gasteiger partial charge in [0.15, 0.2) is 21.3 Å². The fourth-order valence-electron chi connectivity index (χ4n) is 3.77. The third-order valence-corrected chi connectivity index (χ3v) is 6.50. The molecule has 4 aromatic rings. The summed E-state index contributed by atoms with van der Waals surface area (Å²) in [4.78, 5) is 13.4. The minimum absolute atomic E-state index is 0.172. The van der Waals surface area contributed by atoms with E-state index in [4.69, 9.17) is 9.47 Å². The van der Waals surface area contributed by atoms with Gasteiger partial charge in [0.25, 0.3) is 5.91 Å². The fourth-order valence-corrected chi connectivity index (χ4v) is 4.40. The van der Waals surface area contributed by atoms with E-state index in [1.165, 1.54) is 6.26 Å². The maximum atomic E-state index is 13.1. The molecule has 0 saturated carbocycles. The molecule has 0 unspecified atom stereocenters. The van der Waals surface area contributed by atoms with Crippen LogP contribution in [0.3, 0.4) is 0 Å². The molecule has 32 heavy (non-hydrogen) atoms. The molecule has 162 valence electrons. The smallest absolute Gasteiger partial charge is 0.257 e. The van der Waals surface area contributed by atoms with Crippen LogP contribution in [0, 0.1) is 0 Å². The Hall–Kier alpha value is -3.78. The molecule has 0 saturated heterocycles. The number of nitrogens with one attached hydrogen (secondary N) is 1. The summed E-state index contributed by atoms with van der Waals surface area (Å²) in [6, 6.07) is 19.7. The summed E-state index contributed by atoms with van der Waals surface area (Å²) in [5.74, 6) is 1.02. The Kier molecular flexibility index (Phi) is 4.86. The van der Waals surface area contributed by atoms with Crippen LogP contribution in [-0.2, 0) is 16.4 Å². The number of hydrogen-bond donors (Lipinski definition) is 1. The lowest BCUT2D eigenvalue weighted by Gasteiger charge is -2.07. The topological polar surface area (TPSA) is 86.6 Å². The van der Waals surface area contributed by atoms with E-state index < -0.39 is 9.84 Å². The maximum Gasteiger partial charge on any atom is 0.257 e. The summed E-state index contributed by atoms with van der Waals surface area (Å²) in [5, 5.41) is 3.76. The number of carbonyl (C=O) groups excluding carboxylic acids is 1. The number of ether oxygens (including phenoxy) is 2. The first-order valence-corrected chi connectivity index (χ1v) is 11.9. The molecule has 7 nitrogen and oxygen atoms in total. The van der Waals surface area contributed by atoms with Gasteiger partial charge < -0.3 is 19.4 Å². The van der Waals surface area contributed by atoms with Gasteiger partial charge in [-0.15, -0.1) is 0 Å². The van der Waals surface area contributed by atoms with E-state index >= 15 is 0 Å². The monoisotopic (exact) mass is 448 g/mol. The lowest BCUT2D eigenvalue weighted by atomic mass is 10.1. The second kappa shape index (κ2) is 7.72. The molecule has 1 aliphatic rings. The molecule has 0 radical (unpaired) electrons. The zero-order chi connectivity index (χ0) is 22.3. The van der Waals surface area contributed by atoms with Gasteiger partial charge in [0.1, 0.15) is 0 Å². The van der Waals surface area contributed by atoms with Gasteiger partial charge >= 0.3 is 0 Å². The van der Waals surface area contributed by atoms with Crippen molar-refractivity contribution < 1.29 is 22.7 Å². The lowest BCUT2D eigenvalue weighted by molar-refractivity contribution is 0.102. The van der Waals surface area contributed by atoms with Crippen LogP contribution in [0.5, 0.6) is 11.5 Å². The van der Waals surface area contributed by atoms with Crippen LogP contribution < -0.4 is 14.8 Å². The largest absolute Gasteiger partial charge is 0.454 e. The zero-order valence-electron chi connectivity index (χ0n) is 17.2. The highest BCUT2D eigenvalue weighted by Crippen LogP contribution is 2.34. The van der Waals surface area contributed by atoms with Crippen LogP contribution >= 0.6 is 0 Å². The molecular formula is C24H20N2O5S. The van der Waals surface area contributed by atoms with Gasteiger partial charge in [0, 0.05) is 41.7 Å². The van der Waals surface area contributed by atoms with Crippen molar-refractivity contribution in [3.63, 3.8) is 0 Å². The average Bonchev–Trinajstić information content (AvgIpc) is 3.38. The highest BCUT2D eigenvalue weighted by Gasteiger charge is 2.18. The van der Waals surface area contributed by atoms with E-state index in [0.717, 1.165) is 16.5 Å². The van der Waals surface area contributed by atoms with Gasteiger partial charge in [-0.3, -0.25) is 4.79 Å². The van der Waals surface area contributed by atoms with E-state index in [1.807, 2.05) is 35.0 Å². The molecule has 0 bridgehead atoms. The van der Waals surface area contributed by atoms with Crippen LogP contribution in [0.25, 0.3) is 10.9 Å². The Bertz CT molecular complexity index is 1440. The number of amides is 1. The first-order valence-electron chi connectivity index (χ1n) is 9.96. The maximum absolute atomic E-state index is 13.1. The van der Waals surface area contributed by atoms with Crippen LogP contribution in [-0.4, -0.2) is 31.9 Å². The SMILES string of the molecule is CS(=O)(=O)c1ccc(Cn2cc(C(=O)Nc3ccc4c(c3)OCO4)c3ccccc32)cc1. The molecule has 2 heterocycles. The van der Waals surface area contributed by atoms with Crippen molar-refractivity contribution in [1.82, 2.24) is 4.57 Å². The second-order valence-corrected chi connectivity index (χ2v) is 9.64. The van der Waals surface area contributed by atoms with Crippen LogP contribution in [0.1, 0.15) is 15.9 Å². The second-order valence-electron chi connectivity index (χ2n) is 7.63. The molecule has 3 aromatic carbocycles. The van der Waals surface area contributed by atoms with Crippen LogP contribution in [0.15, 0.2) is 77.8 Å². The summed E-state index contributed by atoms with van der Waals surface area (Å²) in [7, 11) is -3.24. The number of nitrogens with zero attached hydrogens (tertiary/aromatic N) is 1. The van der Waals surface area contributed by atoms with E-state index in [-0.39, 0.29) is 17.6 Å². The molecule has 1 amide bonds. The van der Waals surface area contributed by atoms with Gasteiger partial charge in [-0.25, -0.2) is 8.42 Å². The molecule has 0 atom stereocenters. The van der Waals surface area contributed by atoms with Crippen molar-refractivity contribution in [3.05, 3.63) is 84.1 Å². The minimum atomic E-state index is -3.24. The van der Waals surface area contributed by atoms with Gasteiger partial charge in [0.05, 0.1) is 10.5 Å². The third kappa shape index (κ3) is 3.80. The normalized spacial score (nSPS) is 12.8. The number of aromatic nitrogens is 1. The minimum Gasteiger partial charge on any atom is -0.454 e. The van der Waals surface area contributed by atoms with E-state index in [9.17, 15) is 13.2 Å². The molecule has 0 aliphatic carbocycles. The number of sulfone groups is 1. The molecule has 1 aromatic heterocycles. The summed E-state index contributed by atoms with van der Waals surface area (Å²) < 4.78 is 36.1. The van der Waals surface area contributed by atoms with Crippen molar-refractivity contribution in [2.75, 3.05) is 18.4 Å². The molecule has 0 spiro atoms. The third-order valence-electron chi connectivity index (χ3n) is 5.37. The number of para-hydroxylation sites is 1. The molecule has 1 N–H and O–H groups in total. The standard InChI is InChI=1S/C24H20N2O5S/c1-32(28,29)18-9-6-16(7-10-18)13-26-14-20(19-4-2-3-5-21(19)26)24(27)25-17-8-11-22-23(12-17)31-15-30-22/h2-12,14H,13,15H2,1H3,(H,25,27). The number of hydrogen-bond acceptors (Lipinski definition) is 5. The highest BCUT2D eigenvalue weighted by molar-refractivity contribution is 7.90. The van der Waals surface area contributed by atoms with Gasteiger partial charge in [-0.05, 0) is 35.9 Å². The molecule has 1 aliphatic heterocycles. The summed E-state index contributed by atoms with van der Waals surface area (Å²) in [6.45, 7) is 0.674. The van der Waals surface area contributed by atoms with E-state index in [0.29, 0.717) is 29.3 Å². The van der Waals surface area contributed by atoms with Gasteiger partial charge in [0.2, 0.25) is 6.79 Å². The number of benzene rings is 3. The van der Waals surface area contributed by atoms with Crippen molar-refractivity contribution >= 4 is 32.3 Å². The van der Waals surface area contributed by atoms with Gasteiger partial charge in [-0.1, -0.05) is 30.3 Å². The molecule has 8 heteroatoms. The summed E-state index contributed by atoms with van der Waals surface area (Å²) in [6.07, 6.45) is 3.00. The zero-order valence-corrected chi connectivity index (χ0v) is 18.1. The molecule has 5 rings (SSSR count). The van der Waals surface area contributed by atoms with Gasteiger partial charge in [-0.2, -0.15) is 0 Å². The van der Waals surface area contributed by atoms with Crippen LogP contribution in [0.2, 0.25) is 0 Å². The fraction of sp³-hybridized carbons (Fsp3) is 0.125. The quantitative estimate of drug-likeness (QED) is 0.497. The number of fused-ring (bicyclic) bond motifs is 2. The molecule has 0 fully saturated rings. The predicted molar refractivity (Wildman–Crippen MR) is 121 cm³/mol. The van der Waals surface area contributed by atoms with Crippen molar-refractivity contribution in [2.45, 2.75) is 11.4 Å². The van der Waals surface area contributed by atoms with Crippen LogP contribution in [0.4, 0.5) is 5.69 Å². The van der Waals surface area contributed by atoms with E-state index in [2.05, 4.69) is 5.32 Å². The average molecular weight is 449 g/mol. The summed E-state index contributed by atoms with van der Waals surface area (Å²) >= 11 is 0. The Labute approximate surface area is 185 Å².